The molecule has 102 valence electrons. The Bertz CT molecular complexity index is 740. The van der Waals surface area contributed by atoms with E-state index < -0.39 is 7.92 Å². The first kappa shape index (κ1) is 11.5. The third kappa shape index (κ3) is 3.12. The molecule has 0 nitrogen and oxygen atoms in total. The van der Waals surface area contributed by atoms with Crippen molar-refractivity contribution in [1.29, 1.82) is 0 Å². The van der Waals surface area contributed by atoms with Crippen molar-refractivity contribution in [2.45, 2.75) is 0 Å². The molecule has 0 aliphatic rings. The van der Waals surface area contributed by atoms with Crippen LogP contribution in [0.1, 0.15) is 8.30 Å². The summed E-state index contributed by atoms with van der Waals surface area (Å²) in [6.45, 7) is -0.116. The molecule has 1 heteroatoms. The van der Waals surface area contributed by atoms with E-state index in [9.17, 15) is 0 Å². The zero-order valence-electron chi connectivity index (χ0n) is 13.6. The van der Waals surface area contributed by atoms with Crippen molar-refractivity contribution in [2.75, 3.05) is 0 Å². The molecule has 0 radical (unpaired) electrons. The fourth-order valence-electron chi connectivity index (χ4n) is 2.29. The Morgan fingerprint density at radius 2 is 1.10 bits per heavy atom. The lowest BCUT2D eigenvalue weighted by Gasteiger charge is -2.21. The maximum Gasteiger partial charge on any atom is 0.0545 e. The van der Waals surface area contributed by atoms with Gasteiger partial charge in [-0.2, -0.15) is 0 Å². The van der Waals surface area contributed by atoms with E-state index in [4.69, 9.17) is 2.74 Å². The summed E-state index contributed by atoms with van der Waals surface area (Å²) in [6, 6.07) is 30.3. The van der Waals surface area contributed by atoms with Crippen molar-refractivity contribution < 1.29 is 2.74 Å². The second-order valence-electron chi connectivity index (χ2n) is 4.72. The average Bonchev–Trinajstić information content (AvgIpc) is 2.61. The quantitative estimate of drug-likeness (QED) is 0.606. The Balaban J connectivity index is 2.20. The molecule has 0 fully saturated rings. The van der Waals surface area contributed by atoms with Crippen molar-refractivity contribution in [3.8, 4) is 0 Å². The first-order valence-electron chi connectivity index (χ1n) is 7.90. The molecule has 0 saturated carbocycles. The molecule has 0 spiro atoms. The lowest BCUT2D eigenvalue weighted by Crippen LogP contribution is -2.12. The van der Waals surface area contributed by atoms with Crippen LogP contribution >= 0.6 is 7.92 Å². The number of hydrogen-bond acceptors (Lipinski definition) is 0. The maximum atomic E-state index is 8.06. The highest BCUT2D eigenvalue weighted by molar-refractivity contribution is 7.82. The third-order valence-corrected chi connectivity index (χ3v) is 5.63. The fourth-order valence-corrected chi connectivity index (χ4v) is 4.45. The van der Waals surface area contributed by atoms with E-state index in [0.717, 1.165) is 21.5 Å². The van der Waals surface area contributed by atoms with E-state index in [2.05, 4.69) is 24.3 Å². The van der Waals surface area contributed by atoms with Gasteiger partial charge in [-0.15, -0.1) is 0 Å². The Labute approximate surface area is 130 Å². The molecule has 3 aromatic rings. The average molecular weight is 290 g/mol. The van der Waals surface area contributed by atoms with Gasteiger partial charge in [0.1, 0.15) is 0 Å². The molecule has 0 aliphatic heterocycles. The third-order valence-electron chi connectivity index (χ3n) is 3.30. The summed E-state index contributed by atoms with van der Waals surface area (Å²) >= 11 is 0. The van der Waals surface area contributed by atoms with Crippen molar-refractivity contribution in [3.63, 3.8) is 0 Å². The summed E-state index contributed by atoms with van der Waals surface area (Å²) in [7, 11) is -0.925. The highest BCUT2D eigenvalue weighted by atomic mass is 31.1. The summed E-state index contributed by atoms with van der Waals surface area (Å²) in [5, 5.41) is 3.10. The summed E-state index contributed by atoms with van der Waals surface area (Å²) in [5.41, 5.74) is 0.950. The van der Waals surface area contributed by atoms with Gasteiger partial charge in [-0.1, -0.05) is 97.5 Å². The first-order valence-corrected chi connectivity index (χ1v) is 8.24. The molecule has 0 saturated heterocycles. The highest BCUT2D eigenvalue weighted by Gasteiger charge is 2.17. The zero-order chi connectivity index (χ0) is 16.1. The van der Waals surface area contributed by atoms with Gasteiger partial charge in [0.15, 0.2) is 0 Å². The maximum absolute atomic E-state index is 8.06. The van der Waals surface area contributed by atoms with E-state index in [0.29, 0.717) is 0 Å². The molecule has 0 amide bonds. The molecule has 3 aromatic carbocycles. The van der Waals surface area contributed by atoms with Gasteiger partial charge in [0, 0.05) is 0 Å². The highest BCUT2D eigenvalue weighted by Crippen LogP contribution is 2.47. The Kier molecular flexibility index (Phi) is 3.57. The van der Waals surface area contributed by atoms with Crippen LogP contribution in [0.3, 0.4) is 0 Å². The van der Waals surface area contributed by atoms with Crippen molar-refractivity contribution in [3.05, 3.63) is 103 Å². The van der Waals surface area contributed by atoms with Gasteiger partial charge in [-0.05, 0) is 29.4 Å². The normalized spacial score (nSPS) is 11.7. The van der Waals surface area contributed by atoms with Gasteiger partial charge in [-0.25, -0.2) is 0 Å². The predicted molar refractivity (Wildman–Crippen MR) is 94.5 cm³/mol. The van der Waals surface area contributed by atoms with E-state index >= 15 is 0 Å². The minimum atomic E-state index is -0.925. The minimum absolute atomic E-state index is 0.116. The van der Waals surface area contributed by atoms with E-state index in [1.807, 2.05) is 66.7 Å². The standard InChI is InChI=1S/C20H17P/c1-17(18-11-5-2-6-12-18)21(19-13-7-3-8-14-19)20-15-9-4-10-16-20/h2-16H,1H2/i1D2. The number of hydrogen-bond donors (Lipinski definition) is 0. The fraction of sp³-hybridized carbons (Fsp3) is 0. The van der Waals surface area contributed by atoms with Gasteiger partial charge >= 0.3 is 0 Å². The number of benzene rings is 3. The van der Waals surface area contributed by atoms with Crippen molar-refractivity contribution >= 4 is 23.8 Å². The monoisotopic (exact) mass is 290 g/mol. The van der Waals surface area contributed by atoms with Crippen LogP contribution in [0.5, 0.6) is 0 Å². The summed E-state index contributed by atoms with van der Waals surface area (Å²) in [4.78, 5) is 0. The number of rotatable bonds is 4. The Hall–Kier alpha value is -2.17. The summed E-state index contributed by atoms with van der Waals surface area (Å²) in [6.07, 6.45) is 0. The van der Waals surface area contributed by atoms with Crippen molar-refractivity contribution in [1.82, 2.24) is 0 Å². The molecular weight excluding hydrogens is 271 g/mol. The van der Waals surface area contributed by atoms with Gasteiger partial charge in [0.25, 0.3) is 0 Å². The summed E-state index contributed by atoms with van der Waals surface area (Å²) in [5.74, 6) is 0. The van der Waals surface area contributed by atoms with Gasteiger partial charge in [0.2, 0.25) is 0 Å². The molecule has 0 aromatic heterocycles. The SMILES string of the molecule is [2H]C([2H])=C(c1ccccc1)P(c1ccccc1)c1ccccc1. The zero-order valence-corrected chi connectivity index (χ0v) is 12.5. The molecule has 0 bridgehead atoms. The molecule has 0 aliphatic carbocycles. The van der Waals surface area contributed by atoms with Crippen LogP contribution in [-0.4, -0.2) is 0 Å². The molecule has 3 rings (SSSR count). The van der Waals surface area contributed by atoms with E-state index in [1.54, 1.807) is 0 Å². The molecule has 0 atom stereocenters. The van der Waals surface area contributed by atoms with Gasteiger partial charge < -0.3 is 0 Å². The first-order chi connectivity index (χ1) is 11.3. The van der Waals surface area contributed by atoms with Crippen LogP contribution in [-0.2, 0) is 0 Å². The van der Waals surface area contributed by atoms with Crippen molar-refractivity contribution in [2.24, 2.45) is 0 Å². The second-order valence-corrected chi connectivity index (χ2v) is 6.87. The van der Waals surface area contributed by atoms with Crippen LogP contribution < -0.4 is 10.6 Å². The smallest absolute Gasteiger partial charge is 0.0545 e. The Morgan fingerprint density at radius 3 is 1.52 bits per heavy atom. The van der Waals surface area contributed by atoms with E-state index in [-0.39, 0.29) is 6.53 Å². The minimum Gasteiger partial charge on any atom is -0.0900 e. The topological polar surface area (TPSA) is 0 Å². The van der Waals surface area contributed by atoms with Gasteiger partial charge in [-0.3, -0.25) is 0 Å². The summed E-state index contributed by atoms with van der Waals surface area (Å²) < 4.78 is 16.1. The van der Waals surface area contributed by atoms with Gasteiger partial charge in [0.05, 0.1) is 2.74 Å². The van der Waals surface area contributed by atoms with Crippen LogP contribution in [0.4, 0.5) is 0 Å². The van der Waals surface area contributed by atoms with E-state index in [1.165, 1.54) is 0 Å². The molecular formula is C20H17P. The Morgan fingerprint density at radius 1 is 0.667 bits per heavy atom. The lowest BCUT2D eigenvalue weighted by atomic mass is 10.2. The second kappa shape index (κ2) is 6.52. The van der Waals surface area contributed by atoms with Crippen LogP contribution in [0.15, 0.2) is 97.5 Å². The molecule has 0 unspecified atom stereocenters. The van der Waals surface area contributed by atoms with Crippen LogP contribution in [0.2, 0.25) is 0 Å². The largest absolute Gasteiger partial charge is 0.0900 e. The van der Waals surface area contributed by atoms with Crippen LogP contribution in [0.25, 0.3) is 5.31 Å². The van der Waals surface area contributed by atoms with Crippen LogP contribution in [0, 0.1) is 0 Å². The lowest BCUT2D eigenvalue weighted by molar-refractivity contribution is 1.65. The predicted octanol–water partition coefficient (Wildman–Crippen LogP) is 4.79. The molecule has 0 heterocycles. The molecule has 21 heavy (non-hydrogen) atoms. The molecule has 0 N–H and O–H groups in total.